The molecule has 1 amide bonds. The second kappa shape index (κ2) is 6.93. The van der Waals surface area contributed by atoms with Crippen LogP contribution in [0.25, 0.3) is 0 Å². The number of carboxylic acid groups (broad SMARTS) is 1. The molecule has 1 fully saturated rings. The summed E-state index contributed by atoms with van der Waals surface area (Å²) in [5, 5.41) is 11.4. The molecule has 0 saturated heterocycles. The molecule has 108 valence electrons. The Morgan fingerprint density at radius 2 is 2.15 bits per heavy atom. The van der Waals surface area contributed by atoms with Crippen molar-refractivity contribution in [3.8, 4) is 5.75 Å². The van der Waals surface area contributed by atoms with E-state index in [0.29, 0.717) is 18.7 Å². The van der Waals surface area contributed by atoms with Crippen LogP contribution in [-0.2, 0) is 16.1 Å². The van der Waals surface area contributed by atoms with E-state index in [1.165, 1.54) is 12.8 Å². The molecular weight excluding hydrogens is 258 g/mol. The summed E-state index contributed by atoms with van der Waals surface area (Å²) >= 11 is 0. The van der Waals surface area contributed by atoms with Crippen molar-refractivity contribution in [3.05, 3.63) is 29.8 Å². The van der Waals surface area contributed by atoms with Crippen LogP contribution < -0.4 is 10.1 Å². The first-order chi connectivity index (χ1) is 9.63. The minimum absolute atomic E-state index is 0.0637. The minimum Gasteiger partial charge on any atom is -0.482 e. The highest BCUT2D eigenvalue weighted by Gasteiger charge is 2.21. The van der Waals surface area contributed by atoms with Crippen molar-refractivity contribution < 1.29 is 19.4 Å². The molecule has 1 aliphatic carbocycles. The van der Waals surface area contributed by atoms with Gasteiger partial charge in [-0.1, -0.05) is 25.0 Å². The average Bonchev–Trinajstić information content (AvgIpc) is 3.25. The Kier molecular flexibility index (Phi) is 4.98. The highest BCUT2D eigenvalue weighted by Crippen LogP contribution is 2.33. The molecule has 1 aromatic carbocycles. The number of carboxylic acids is 1. The van der Waals surface area contributed by atoms with Gasteiger partial charge in [0.1, 0.15) is 5.75 Å². The van der Waals surface area contributed by atoms with Crippen LogP contribution in [0.5, 0.6) is 5.75 Å². The zero-order valence-corrected chi connectivity index (χ0v) is 11.3. The second-order valence-electron chi connectivity index (χ2n) is 5.09. The van der Waals surface area contributed by atoms with Gasteiger partial charge in [0.15, 0.2) is 6.61 Å². The summed E-state index contributed by atoms with van der Waals surface area (Å²) in [6, 6.07) is 7.09. The van der Waals surface area contributed by atoms with Gasteiger partial charge in [-0.15, -0.1) is 0 Å². The minimum atomic E-state index is -1.01. The van der Waals surface area contributed by atoms with E-state index >= 15 is 0 Å². The molecule has 0 bridgehead atoms. The molecule has 0 heterocycles. The van der Waals surface area contributed by atoms with Gasteiger partial charge in [0.2, 0.25) is 5.91 Å². The van der Waals surface area contributed by atoms with Gasteiger partial charge in [0, 0.05) is 13.0 Å². The molecular formula is C15H19NO4. The fourth-order valence-electron chi connectivity index (χ4n) is 1.92. The van der Waals surface area contributed by atoms with Gasteiger partial charge < -0.3 is 15.2 Å². The van der Waals surface area contributed by atoms with Crippen LogP contribution in [-0.4, -0.2) is 23.6 Å². The summed E-state index contributed by atoms with van der Waals surface area (Å²) in [4.78, 5) is 22.1. The third-order valence-electron chi connectivity index (χ3n) is 3.23. The average molecular weight is 277 g/mol. The third-order valence-corrected chi connectivity index (χ3v) is 3.23. The van der Waals surface area contributed by atoms with Crippen LogP contribution in [0.15, 0.2) is 24.3 Å². The molecule has 1 saturated carbocycles. The van der Waals surface area contributed by atoms with Crippen LogP contribution in [0, 0.1) is 5.92 Å². The predicted molar refractivity (Wildman–Crippen MR) is 73.4 cm³/mol. The lowest BCUT2D eigenvalue weighted by atomic mass is 10.2. The summed E-state index contributed by atoms with van der Waals surface area (Å²) in [5.74, 6) is 0.308. The fraction of sp³-hybridized carbons (Fsp3) is 0.467. The summed E-state index contributed by atoms with van der Waals surface area (Å²) in [6.07, 6.45) is 4.08. The van der Waals surface area contributed by atoms with E-state index in [1.807, 2.05) is 6.07 Å². The van der Waals surface area contributed by atoms with E-state index in [-0.39, 0.29) is 12.5 Å². The van der Waals surface area contributed by atoms with E-state index in [2.05, 4.69) is 5.32 Å². The Morgan fingerprint density at radius 1 is 1.35 bits per heavy atom. The molecule has 0 unspecified atom stereocenters. The van der Waals surface area contributed by atoms with Crippen molar-refractivity contribution in [2.45, 2.75) is 32.2 Å². The van der Waals surface area contributed by atoms with Gasteiger partial charge in [-0.2, -0.15) is 0 Å². The smallest absolute Gasteiger partial charge is 0.341 e. The Bertz CT molecular complexity index is 483. The molecule has 5 heteroatoms. The molecule has 0 spiro atoms. The topological polar surface area (TPSA) is 75.6 Å². The quantitative estimate of drug-likeness (QED) is 0.761. The van der Waals surface area contributed by atoms with E-state index < -0.39 is 5.97 Å². The number of aliphatic carboxylic acids is 1. The Labute approximate surface area is 117 Å². The largest absolute Gasteiger partial charge is 0.482 e. The highest BCUT2D eigenvalue weighted by atomic mass is 16.5. The number of amides is 1. The van der Waals surface area contributed by atoms with Crippen molar-refractivity contribution in [2.75, 3.05) is 6.61 Å². The van der Waals surface area contributed by atoms with Crippen LogP contribution in [0.1, 0.15) is 31.2 Å². The molecule has 2 rings (SSSR count). The number of nitrogens with one attached hydrogen (secondary N) is 1. The first-order valence-corrected chi connectivity index (χ1v) is 6.83. The van der Waals surface area contributed by atoms with E-state index in [4.69, 9.17) is 9.84 Å². The Balaban J connectivity index is 1.74. The van der Waals surface area contributed by atoms with E-state index in [0.717, 1.165) is 17.9 Å². The zero-order chi connectivity index (χ0) is 14.4. The summed E-state index contributed by atoms with van der Waals surface area (Å²) < 4.78 is 5.09. The fourth-order valence-corrected chi connectivity index (χ4v) is 1.92. The van der Waals surface area contributed by atoms with Gasteiger partial charge in [-0.05, 0) is 30.0 Å². The van der Waals surface area contributed by atoms with Crippen molar-refractivity contribution >= 4 is 11.9 Å². The van der Waals surface area contributed by atoms with Crippen molar-refractivity contribution in [3.63, 3.8) is 0 Å². The first kappa shape index (κ1) is 14.4. The number of hydrogen-bond acceptors (Lipinski definition) is 3. The number of ether oxygens (including phenoxy) is 1. The first-order valence-electron chi connectivity index (χ1n) is 6.83. The Morgan fingerprint density at radius 3 is 2.85 bits per heavy atom. The van der Waals surface area contributed by atoms with Gasteiger partial charge >= 0.3 is 5.97 Å². The second-order valence-corrected chi connectivity index (χ2v) is 5.09. The lowest BCUT2D eigenvalue weighted by Crippen LogP contribution is -2.22. The van der Waals surface area contributed by atoms with Gasteiger partial charge in [-0.3, -0.25) is 4.79 Å². The maximum Gasteiger partial charge on any atom is 0.341 e. The van der Waals surface area contributed by atoms with Crippen LogP contribution >= 0.6 is 0 Å². The van der Waals surface area contributed by atoms with Crippen LogP contribution in [0.4, 0.5) is 0 Å². The summed E-state index contributed by atoms with van der Waals surface area (Å²) in [5.41, 5.74) is 0.896. The molecule has 0 atom stereocenters. The normalized spacial score (nSPS) is 13.8. The standard InChI is InChI=1S/C15H19NO4/c17-14(7-6-11-4-5-11)16-9-12-2-1-3-13(8-12)20-10-15(18)19/h1-3,8,11H,4-7,9-10H2,(H,16,17)(H,18,19). The van der Waals surface area contributed by atoms with E-state index in [9.17, 15) is 9.59 Å². The molecule has 2 N–H and O–H groups in total. The Hall–Kier alpha value is -2.04. The molecule has 1 aromatic rings. The maximum atomic E-state index is 11.6. The predicted octanol–water partition coefficient (Wildman–Crippen LogP) is 1.96. The third kappa shape index (κ3) is 5.30. The highest BCUT2D eigenvalue weighted by molar-refractivity contribution is 5.75. The van der Waals surface area contributed by atoms with Gasteiger partial charge in [-0.25, -0.2) is 4.79 Å². The van der Waals surface area contributed by atoms with Crippen molar-refractivity contribution in [1.82, 2.24) is 5.32 Å². The molecule has 20 heavy (non-hydrogen) atoms. The molecule has 5 nitrogen and oxygen atoms in total. The lowest BCUT2D eigenvalue weighted by Gasteiger charge is -2.07. The molecule has 1 aliphatic rings. The zero-order valence-electron chi connectivity index (χ0n) is 11.3. The summed E-state index contributed by atoms with van der Waals surface area (Å²) in [6.45, 7) is 0.0744. The number of carbonyl (C=O) groups excluding carboxylic acids is 1. The molecule has 0 aliphatic heterocycles. The molecule has 0 aromatic heterocycles. The number of hydrogen-bond donors (Lipinski definition) is 2. The number of carbonyl (C=O) groups is 2. The van der Waals surface area contributed by atoms with Gasteiger partial charge in [0.05, 0.1) is 0 Å². The maximum absolute atomic E-state index is 11.6. The summed E-state index contributed by atoms with van der Waals surface area (Å²) in [7, 11) is 0. The van der Waals surface area contributed by atoms with Crippen molar-refractivity contribution in [2.24, 2.45) is 5.92 Å². The SMILES string of the molecule is O=C(O)COc1cccc(CNC(=O)CCC2CC2)c1. The van der Waals surface area contributed by atoms with Crippen LogP contribution in [0.2, 0.25) is 0 Å². The molecule has 0 radical (unpaired) electrons. The van der Waals surface area contributed by atoms with E-state index in [1.54, 1.807) is 18.2 Å². The number of rotatable bonds is 8. The monoisotopic (exact) mass is 277 g/mol. The van der Waals surface area contributed by atoms with Crippen molar-refractivity contribution in [1.29, 1.82) is 0 Å². The number of benzene rings is 1. The van der Waals surface area contributed by atoms with Gasteiger partial charge in [0.25, 0.3) is 0 Å². The van der Waals surface area contributed by atoms with Crippen LogP contribution in [0.3, 0.4) is 0 Å². The lowest BCUT2D eigenvalue weighted by molar-refractivity contribution is -0.139.